The van der Waals surface area contributed by atoms with Gasteiger partial charge in [-0.05, 0) is 37.8 Å². The van der Waals surface area contributed by atoms with E-state index < -0.39 is 11.9 Å². The molecule has 1 aliphatic heterocycles. The molecule has 3 rings (SSSR count). The predicted molar refractivity (Wildman–Crippen MR) is 101 cm³/mol. The second kappa shape index (κ2) is 8.24. The lowest BCUT2D eigenvalue weighted by Crippen LogP contribution is -2.48. The number of aryl methyl sites for hydroxylation is 2. The summed E-state index contributed by atoms with van der Waals surface area (Å²) in [6, 6.07) is 5.74. The fraction of sp³-hybridized carbons (Fsp3) is 0.450. The van der Waals surface area contributed by atoms with Gasteiger partial charge in [0.15, 0.2) is 0 Å². The molecule has 1 aliphatic rings. The van der Waals surface area contributed by atoms with E-state index in [2.05, 4.69) is 16.4 Å². The number of carboxylic acid groups (broad SMARTS) is 1. The molecule has 0 saturated carbocycles. The van der Waals surface area contributed by atoms with Gasteiger partial charge in [0.05, 0.1) is 18.3 Å². The molecule has 2 aromatic rings. The number of nitrogens with zero attached hydrogens (tertiary/aromatic N) is 3. The van der Waals surface area contributed by atoms with Crippen LogP contribution >= 0.6 is 0 Å². The molecule has 0 bridgehead atoms. The average molecular weight is 370 g/mol. The summed E-state index contributed by atoms with van der Waals surface area (Å²) in [5, 5.41) is 12.4. The summed E-state index contributed by atoms with van der Waals surface area (Å²) in [7, 11) is 0. The lowest BCUT2D eigenvalue weighted by atomic mass is 9.98. The maximum Gasteiger partial charge on any atom is 0.317 e. The lowest BCUT2D eigenvalue weighted by Gasteiger charge is -2.32. The van der Waals surface area contributed by atoms with Gasteiger partial charge in [0.1, 0.15) is 0 Å². The van der Waals surface area contributed by atoms with Gasteiger partial charge in [-0.3, -0.25) is 4.79 Å². The first-order valence-electron chi connectivity index (χ1n) is 9.25. The van der Waals surface area contributed by atoms with E-state index in [1.807, 2.05) is 36.7 Å². The highest BCUT2D eigenvalue weighted by Gasteiger charge is 2.29. The Morgan fingerprint density at radius 2 is 2.19 bits per heavy atom. The molecule has 1 aromatic carbocycles. The topological polar surface area (TPSA) is 87.5 Å². The molecule has 2 heterocycles. The largest absolute Gasteiger partial charge is 0.481 e. The standard InChI is InChI=1S/C20H26N4O3/c1-14-5-6-17(15(2)10-14)18(12-23-9-7-21-13-23)22-20(27)24-8-3-4-16(11-24)19(25)26/h5-7,9-10,13,16,18H,3-4,8,11-12H2,1-2H3,(H,22,27)(H,25,26). The highest BCUT2D eigenvalue weighted by atomic mass is 16.4. The number of amides is 2. The number of piperidine rings is 1. The average Bonchev–Trinajstić information content (AvgIpc) is 3.14. The molecule has 1 fully saturated rings. The Morgan fingerprint density at radius 3 is 2.85 bits per heavy atom. The van der Waals surface area contributed by atoms with Gasteiger partial charge in [0.25, 0.3) is 0 Å². The molecule has 2 N–H and O–H groups in total. The second-order valence-electron chi connectivity index (χ2n) is 7.25. The molecular weight excluding hydrogens is 344 g/mol. The van der Waals surface area contributed by atoms with E-state index >= 15 is 0 Å². The van der Waals surface area contributed by atoms with Crippen LogP contribution < -0.4 is 5.32 Å². The number of carbonyl (C=O) groups is 2. The fourth-order valence-corrected chi connectivity index (χ4v) is 3.65. The minimum atomic E-state index is -0.836. The number of rotatable bonds is 5. The van der Waals surface area contributed by atoms with Gasteiger partial charge in [-0.25, -0.2) is 9.78 Å². The molecule has 1 saturated heterocycles. The highest BCUT2D eigenvalue weighted by molar-refractivity contribution is 5.77. The first-order chi connectivity index (χ1) is 12.9. The van der Waals surface area contributed by atoms with Crippen LogP contribution in [0, 0.1) is 19.8 Å². The Labute approximate surface area is 159 Å². The zero-order valence-corrected chi connectivity index (χ0v) is 15.8. The maximum absolute atomic E-state index is 12.9. The summed E-state index contributed by atoms with van der Waals surface area (Å²) in [5.41, 5.74) is 3.33. The molecule has 0 radical (unpaired) electrons. The molecule has 0 aliphatic carbocycles. The maximum atomic E-state index is 12.9. The SMILES string of the molecule is Cc1ccc(C(Cn2ccnc2)NC(=O)N2CCCC(C(=O)O)C2)c(C)c1. The Bertz CT molecular complexity index is 804. The van der Waals surface area contributed by atoms with Crippen molar-refractivity contribution in [2.45, 2.75) is 39.3 Å². The summed E-state index contributed by atoms with van der Waals surface area (Å²) >= 11 is 0. The van der Waals surface area contributed by atoms with Crippen LogP contribution in [0.2, 0.25) is 0 Å². The van der Waals surface area contributed by atoms with Crippen LogP contribution in [-0.4, -0.2) is 44.6 Å². The van der Waals surface area contributed by atoms with Crippen LogP contribution in [0.25, 0.3) is 0 Å². The van der Waals surface area contributed by atoms with Crippen molar-refractivity contribution in [1.29, 1.82) is 0 Å². The van der Waals surface area contributed by atoms with Crippen LogP contribution in [0.1, 0.15) is 35.6 Å². The van der Waals surface area contributed by atoms with Gasteiger partial charge in [0, 0.05) is 32.0 Å². The molecule has 1 aromatic heterocycles. The predicted octanol–water partition coefficient (Wildman–Crippen LogP) is 2.75. The fourth-order valence-electron chi connectivity index (χ4n) is 3.65. The van der Waals surface area contributed by atoms with Crippen molar-refractivity contribution in [2.75, 3.05) is 13.1 Å². The van der Waals surface area contributed by atoms with Gasteiger partial charge in [0.2, 0.25) is 0 Å². The van der Waals surface area contributed by atoms with Gasteiger partial charge in [-0.1, -0.05) is 23.8 Å². The molecule has 2 amide bonds. The Morgan fingerprint density at radius 1 is 1.37 bits per heavy atom. The van der Waals surface area contributed by atoms with E-state index in [1.54, 1.807) is 17.4 Å². The zero-order chi connectivity index (χ0) is 19.4. The number of urea groups is 1. The zero-order valence-electron chi connectivity index (χ0n) is 15.8. The molecule has 144 valence electrons. The van der Waals surface area contributed by atoms with Crippen LogP contribution in [0.15, 0.2) is 36.9 Å². The van der Waals surface area contributed by atoms with Crippen LogP contribution in [0.3, 0.4) is 0 Å². The van der Waals surface area contributed by atoms with Crippen molar-refractivity contribution < 1.29 is 14.7 Å². The minimum Gasteiger partial charge on any atom is -0.481 e. The monoisotopic (exact) mass is 370 g/mol. The molecular formula is C20H26N4O3. The lowest BCUT2D eigenvalue weighted by molar-refractivity contribution is -0.143. The Hall–Kier alpha value is -2.83. The Balaban J connectivity index is 1.78. The summed E-state index contributed by atoms with van der Waals surface area (Å²) in [6.45, 7) is 5.48. The van der Waals surface area contributed by atoms with E-state index in [4.69, 9.17) is 0 Å². The van der Waals surface area contributed by atoms with Crippen LogP contribution in [-0.2, 0) is 11.3 Å². The van der Waals surface area contributed by atoms with Gasteiger partial charge >= 0.3 is 12.0 Å². The van der Waals surface area contributed by atoms with Crippen molar-refractivity contribution in [3.8, 4) is 0 Å². The summed E-state index contributed by atoms with van der Waals surface area (Å²) in [6.07, 6.45) is 6.63. The van der Waals surface area contributed by atoms with Crippen molar-refractivity contribution in [3.63, 3.8) is 0 Å². The number of benzene rings is 1. The first kappa shape index (κ1) is 18.9. The van der Waals surface area contributed by atoms with Crippen LogP contribution in [0.4, 0.5) is 4.79 Å². The third-order valence-corrected chi connectivity index (χ3v) is 5.11. The second-order valence-corrected chi connectivity index (χ2v) is 7.25. The quantitative estimate of drug-likeness (QED) is 0.847. The van der Waals surface area contributed by atoms with Crippen molar-refractivity contribution >= 4 is 12.0 Å². The smallest absolute Gasteiger partial charge is 0.317 e. The third kappa shape index (κ3) is 4.67. The molecule has 7 heteroatoms. The number of aliphatic carboxylic acids is 1. The number of carbonyl (C=O) groups excluding carboxylic acids is 1. The van der Waals surface area contributed by atoms with Crippen molar-refractivity contribution in [3.05, 3.63) is 53.6 Å². The van der Waals surface area contributed by atoms with Gasteiger partial charge in [-0.2, -0.15) is 0 Å². The Kier molecular flexibility index (Phi) is 5.78. The number of likely N-dealkylation sites (tertiary alicyclic amines) is 1. The third-order valence-electron chi connectivity index (χ3n) is 5.11. The molecule has 2 atom stereocenters. The highest BCUT2D eigenvalue weighted by Crippen LogP contribution is 2.22. The first-order valence-corrected chi connectivity index (χ1v) is 9.25. The van der Waals surface area contributed by atoms with E-state index in [0.29, 0.717) is 25.9 Å². The van der Waals surface area contributed by atoms with Crippen molar-refractivity contribution in [2.24, 2.45) is 5.92 Å². The molecule has 0 spiro atoms. The normalized spacial score (nSPS) is 18.1. The minimum absolute atomic E-state index is 0.217. The molecule has 7 nitrogen and oxygen atoms in total. The summed E-state index contributed by atoms with van der Waals surface area (Å²) < 4.78 is 1.93. The number of nitrogens with one attached hydrogen (secondary N) is 1. The van der Waals surface area contributed by atoms with E-state index in [9.17, 15) is 14.7 Å². The van der Waals surface area contributed by atoms with Gasteiger partial charge in [-0.15, -0.1) is 0 Å². The molecule has 2 unspecified atom stereocenters. The van der Waals surface area contributed by atoms with E-state index in [-0.39, 0.29) is 18.6 Å². The van der Waals surface area contributed by atoms with E-state index in [1.165, 1.54) is 5.56 Å². The number of carboxylic acids is 1. The number of hydrogen-bond acceptors (Lipinski definition) is 3. The summed E-state index contributed by atoms with van der Waals surface area (Å²) in [4.78, 5) is 29.8. The van der Waals surface area contributed by atoms with Crippen LogP contribution in [0.5, 0.6) is 0 Å². The van der Waals surface area contributed by atoms with E-state index in [0.717, 1.165) is 11.1 Å². The summed E-state index contributed by atoms with van der Waals surface area (Å²) in [5.74, 6) is -1.32. The number of imidazole rings is 1. The number of aromatic nitrogens is 2. The van der Waals surface area contributed by atoms with Gasteiger partial charge < -0.3 is 19.9 Å². The molecule has 27 heavy (non-hydrogen) atoms. The van der Waals surface area contributed by atoms with Crippen molar-refractivity contribution in [1.82, 2.24) is 19.8 Å². The number of hydrogen-bond donors (Lipinski definition) is 2.